The molecule has 0 aliphatic rings. The average Bonchev–Trinajstić information content (AvgIpc) is 3.04. The van der Waals surface area contributed by atoms with Crippen molar-refractivity contribution in [1.82, 2.24) is 4.90 Å². The molecule has 46 heavy (non-hydrogen) atoms. The van der Waals surface area contributed by atoms with E-state index in [4.69, 9.17) is 23.6 Å². The van der Waals surface area contributed by atoms with Crippen molar-refractivity contribution in [3.63, 3.8) is 0 Å². The van der Waals surface area contributed by atoms with Crippen molar-refractivity contribution in [2.75, 3.05) is 20.8 Å². The van der Waals surface area contributed by atoms with Crippen LogP contribution in [-0.2, 0) is 29.0 Å². The maximum atomic E-state index is 11.0. The smallest absolute Gasteiger partial charge is 0.351 e. The Balaban J connectivity index is 1.95. The van der Waals surface area contributed by atoms with E-state index in [0.29, 0.717) is 12.8 Å². The molecule has 9 nitrogen and oxygen atoms in total. The molecule has 0 radical (unpaired) electrons. The van der Waals surface area contributed by atoms with Gasteiger partial charge in [-0.3, -0.25) is 4.90 Å². The molecule has 0 saturated heterocycles. The summed E-state index contributed by atoms with van der Waals surface area (Å²) >= 11 is 0. The summed E-state index contributed by atoms with van der Waals surface area (Å²) in [6.07, 6.45) is -1.14. The lowest BCUT2D eigenvalue weighted by Crippen LogP contribution is -2.46. The monoisotopic (exact) mass is 653 g/mol. The zero-order chi connectivity index (χ0) is 33.7. The summed E-state index contributed by atoms with van der Waals surface area (Å²) < 4.78 is 17.0. The molecule has 0 fully saturated rings. The molecule has 3 aromatic carbocycles. The summed E-state index contributed by atoms with van der Waals surface area (Å²) in [4.78, 5) is 34.3. The molecular formula is C36H50N2O7P+. The van der Waals surface area contributed by atoms with Crippen molar-refractivity contribution < 1.29 is 33.3 Å². The maximum absolute atomic E-state index is 11.0. The van der Waals surface area contributed by atoms with Crippen LogP contribution in [0.15, 0.2) is 91.0 Å². The number of hydrogen-bond acceptors (Lipinski definition) is 9. The van der Waals surface area contributed by atoms with Crippen molar-refractivity contribution in [2.24, 2.45) is 5.92 Å². The zero-order valence-electron chi connectivity index (χ0n) is 28.0. The summed E-state index contributed by atoms with van der Waals surface area (Å²) in [5.74, 6) is -0.0760. The first-order valence-electron chi connectivity index (χ1n) is 15.7. The van der Waals surface area contributed by atoms with E-state index in [-0.39, 0.29) is 24.6 Å². The highest BCUT2D eigenvalue weighted by Crippen LogP contribution is 2.55. The standard InChI is InChI=1S/C36H50N2O7P/c1-27(2)38(28(3)4)33(25-37)26-43-46(39,40)45-34(35(41-6)44-42-7)23-29(5)24-36(30-17-11-8-12-18-30,31-19-13-9-14-20-31)32-21-15-10-16-22-32/h8-22,27-29,33-35,39-40H,23-24,26H2,1-7H3/q+1. The molecular weight excluding hydrogens is 603 g/mol. The minimum atomic E-state index is -4.43. The lowest BCUT2D eigenvalue weighted by Gasteiger charge is -2.39. The second-order valence-corrected chi connectivity index (χ2v) is 13.6. The van der Waals surface area contributed by atoms with E-state index in [0.717, 1.165) is 16.7 Å². The van der Waals surface area contributed by atoms with Crippen molar-refractivity contribution in [3.05, 3.63) is 108 Å². The van der Waals surface area contributed by atoms with Crippen LogP contribution in [0.1, 0.15) is 64.2 Å². The third-order valence-corrected chi connectivity index (χ3v) is 9.22. The van der Waals surface area contributed by atoms with Crippen LogP contribution in [-0.4, -0.2) is 66.0 Å². The minimum Gasteiger partial charge on any atom is -0.351 e. The van der Waals surface area contributed by atoms with Gasteiger partial charge in [-0.25, -0.2) is 9.78 Å². The molecule has 10 heteroatoms. The highest BCUT2D eigenvalue weighted by Gasteiger charge is 2.48. The van der Waals surface area contributed by atoms with Gasteiger partial charge < -0.3 is 4.74 Å². The number of ether oxygens (including phenoxy) is 1. The van der Waals surface area contributed by atoms with Crippen LogP contribution in [0.2, 0.25) is 0 Å². The Labute approximate surface area is 275 Å². The van der Waals surface area contributed by atoms with Gasteiger partial charge in [0, 0.05) is 24.6 Å². The molecule has 0 heterocycles. The quantitative estimate of drug-likeness (QED) is 0.0461. The second kappa shape index (κ2) is 18.0. The molecule has 0 aliphatic carbocycles. The molecule has 0 saturated carbocycles. The van der Waals surface area contributed by atoms with Gasteiger partial charge in [0.2, 0.25) is 6.29 Å². The fourth-order valence-corrected chi connectivity index (χ4v) is 7.39. The number of benzene rings is 3. The molecule has 0 aliphatic heterocycles. The van der Waals surface area contributed by atoms with Gasteiger partial charge in [0.1, 0.15) is 12.6 Å². The van der Waals surface area contributed by atoms with Crippen LogP contribution < -0.4 is 0 Å². The van der Waals surface area contributed by atoms with E-state index < -0.39 is 32.0 Å². The number of hydrogen-bond donors (Lipinski definition) is 2. The summed E-state index contributed by atoms with van der Waals surface area (Å²) in [6.45, 7) is 9.74. The van der Waals surface area contributed by atoms with Crippen LogP contribution in [0, 0.1) is 17.2 Å². The molecule has 0 spiro atoms. The zero-order valence-corrected chi connectivity index (χ0v) is 28.9. The van der Waals surface area contributed by atoms with Crippen molar-refractivity contribution in [2.45, 2.75) is 83.4 Å². The van der Waals surface area contributed by atoms with E-state index in [2.05, 4.69) is 49.4 Å². The van der Waals surface area contributed by atoms with Crippen molar-refractivity contribution in [3.8, 4) is 6.07 Å². The summed E-state index contributed by atoms with van der Waals surface area (Å²) in [6, 6.07) is 32.7. The topological polar surface area (TPSA) is 114 Å². The molecule has 0 aromatic heterocycles. The van der Waals surface area contributed by atoms with Gasteiger partial charge in [0.05, 0.1) is 13.2 Å². The van der Waals surface area contributed by atoms with Crippen LogP contribution in [0.5, 0.6) is 0 Å². The van der Waals surface area contributed by atoms with Crippen LogP contribution in [0.25, 0.3) is 0 Å². The van der Waals surface area contributed by atoms with E-state index >= 15 is 0 Å². The maximum Gasteiger partial charge on any atom is 0.570 e. The fraction of sp³-hybridized carbons (Fsp3) is 0.472. The van der Waals surface area contributed by atoms with Gasteiger partial charge in [-0.1, -0.05) is 97.9 Å². The number of nitrogens with zero attached hydrogens (tertiary/aromatic N) is 2. The largest absolute Gasteiger partial charge is 0.570 e. The normalized spacial score (nSPS) is 15.1. The van der Waals surface area contributed by atoms with Gasteiger partial charge in [0.15, 0.2) is 6.10 Å². The molecule has 0 bridgehead atoms. The molecule has 4 atom stereocenters. The Kier molecular flexibility index (Phi) is 14.7. The van der Waals surface area contributed by atoms with Gasteiger partial charge in [-0.05, 0) is 63.1 Å². The molecule has 250 valence electrons. The Morgan fingerprint density at radius 3 is 1.61 bits per heavy atom. The van der Waals surface area contributed by atoms with E-state index in [1.165, 1.54) is 14.2 Å². The Morgan fingerprint density at radius 2 is 1.24 bits per heavy atom. The van der Waals surface area contributed by atoms with Crippen LogP contribution in [0.4, 0.5) is 0 Å². The fourth-order valence-electron chi connectivity index (χ4n) is 6.46. The number of methoxy groups -OCH3 is 1. The predicted molar refractivity (Wildman–Crippen MR) is 180 cm³/mol. The van der Waals surface area contributed by atoms with E-state index in [1.54, 1.807) is 0 Å². The third-order valence-electron chi connectivity index (χ3n) is 8.19. The number of nitriles is 1. The van der Waals surface area contributed by atoms with Crippen molar-refractivity contribution >= 4 is 8.17 Å². The molecule has 2 N–H and O–H groups in total. The highest BCUT2D eigenvalue weighted by molar-refractivity contribution is 7.54. The van der Waals surface area contributed by atoms with Gasteiger partial charge in [-0.15, -0.1) is 4.52 Å². The number of rotatable bonds is 19. The summed E-state index contributed by atoms with van der Waals surface area (Å²) in [5, 5.41) is 9.86. The van der Waals surface area contributed by atoms with Gasteiger partial charge in [0.25, 0.3) is 0 Å². The first-order valence-corrected chi connectivity index (χ1v) is 17.2. The molecule has 3 aromatic rings. The first-order chi connectivity index (χ1) is 22.0. The Morgan fingerprint density at radius 1 is 0.783 bits per heavy atom. The summed E-state index contributed by atoms with van der Waals surface area (Å²) in [7, 11) is -1.66. The second-order valence-electron chi connectivity index (χ2n) is 12.1. The SMILES string of the molecule is COOC(OC)C(CC(C)CC(c1ccccc1)(c1ccccc1)c1ccccc1)O[P+](O)(O)OCC(C#N)N(C(C)C)C(C)C. The molecule has 0 amide bonds. The van der Waals surface area contributed by atoms with Gasteiger partial charge >= 0.3 is 8.17 Å². The predicted octanol–water partition coefficient (Wildman–Crippen LogP) is 7.06. The van der Waals surface area contributed by atoms with E-state index in [1.807, 2.05) is 87.2 Å². The highest BCUT2D eigenvalue weighted by atomic mass is 31.2. The third kappa shape index (κ3) is 9.88. The van der Waals surface area contributed by atoms with Crippen LogP contribution >= 0.6 is 8.17 Å². The summed E-state index contributed by atoms with van der Waals surface area (Å²) in [5.41, 5.74) is 2.86. The lowest BCUT2D eigenvalue weighted by molar-refractivity contribution is -0.376. The molecule has 4 unspecified atom stereocenters. The molecule has 3 rings (SSSR count). The first kappa shape index (κ1) is 37.7. The Hall–Kier alpha value is -2.74. The van der Waals surface area contributed by atoms with Crippen LogP contribution in [0.3, 0.4) is 0 Å². The lowest BCUT2D eigenvalue weighted by atomic mass is 9.64. The minimum absolute atomic E-state index is 0.0416. The average molecular weight is 654 g/mol. The Bertz CT molecular complexity index is 1220. The van der Waals surface area contributed by atoms with Crippen molar-refractivity contribution in [1.29, 1.82) is 5.26 Å². The van der Waals surface area contributed by atoms with E-state index in [9.17, 15) is 15.0 Å². The van der Waals surface area contributed by atoms with Gasteiger partial charge in [-0.2, -0.15) is 19.6 Å².